The standard InChI is InChI=1S/C23H25ClN2O4/c1-25(2)12-5-13-26-20(15-8-10-17(24)11-9-15)19(22(28)23(26)29)21(27)16-6-4-7-18(14-16)30-3/h4,6-11,14,20,27H,5,12-13H2,1-3H3/b21-19+/t20-/m0/s1. The van der Waals surface area contributed by atoms with Crippen molar-refractivity contribution < 1.29 is 19.4 Å². The van der Waals surface area contributed by atoms with Gasteiger partial charge in [-0.25, -0.2) is 0 Å². The highest BCUT2D eigenvalue weighted by atomic mass is 35.5. The van der Waals surface area contributed by atoms with E-state index in [-0.39, 0.29) is 11.3 Å². The molecule has 2 aromatic rings. The Bertz CT molecular complexity index is 969. The molecule has 1 N–H and O–H groups in total. The second-order valence-corrected chi connectivity index (χ2v) is 7.87. The van der Waals surface area contributed by atoms with Crippen LogP contribution in [0.4, 0.5) is 0 Å². The average molecular weight is 429 g/mol. The lowest BCUT2D eigenvalue weighted by Gasteiger charge is -2.26. The fraction of sp³-hybridized carbons (Fsp3) is 0.304. The molecule has 0 spiro atoms. The fourth-order valence-electron chi connectivity index (χ4n) is 3.59. The van der Waals surface area contributed by atoms with Crippen molar-refractivity contribution in [3.05, 3.63) is 70.3 Å². The van der Waals surface area contributed by atoms with Gasteiger partial charge < -0.3 is 19.6 Å². The number of hydrogen-bond donors (Lipinski definition) is 1. The van der Waals surface area contributed by atoms with Crippen LogP contribution in [0.25, 0.3) is 5.76 Å². The summed E-state index contributed by atoms with van der Waals surface area (Å²) in [5.74, 6) is -0.983. The maximum Gasteiger partial charge on any atom is 0.295 e. The molecule has 0 aliphatic carbocycles. The number of benzene rings is 2. The third kappa shape index (κ3) is 4.50. The second kappa shape index (κ2) is 9.32. The lowest BCUT2D eigenvalue weighted by atomic mass is 9.95. The van der Waals surface area contributed by atoms with Crippen LogP contribution in [-0.4, -0.2) is 60.9 Å². The molecule has 0 bridgehead atoms. The van der Waals surface area contributed by atoms with Gasteiger partial charge in [0.15, 0.2) is 0 Å². The zero-order valence-electron chi connectivity index (χ0n) is 17.3. The van der Waals surface area contributed by atoms with E-state index < -0.39 is 17.7 Å². The molecule has 1 saturated heterocycles. The van der Waals surface area contributed by atoms with Crippen molar-refractivity contribution >= 4 is 29.1 Å². The van der Waals surface area contributed by atoms with Crippen LogP contribution in [0.15, 0.2) is 54.1 Å². The van der Waals surface area contributed by atoms with Crippen molar-refractivity contribution in [2.24, 2.45) is 0 Å². The lowest BCUT2D eigenvalue weighted by Crippen LogP contribution is -2.32. The molecule has 0 saturated carbocycles. The number of carbonyl (C=O) groups excluding carboxylic acids is 2. The van der Waals surface area contributed by atoms with Crippen LogP contribution in [0.5, 0.6) is 5.75 Å². The van der Waals surface area contributed by atoms with E-state index in [1.165, 1.54) is 12.0 Å². The van der Waals surface area contributed by atoms with Crippen molar-refractivity contribution in [2.75, 3.05) is 34.3 Å². The van der Waals surface area contributed by atoms with Gasteiger partial charge in [-0.2, -0.15) is 0 Å². The van der Waals surface area contributed by atoms with Crippen molar-refractivity contribution in [2.45, 2.75) is 12.5 Å². The number of aliphatic hydroxyl groups is 1. The van der Waals surface area contributed by atoms with Crippen molar-refractivity contribution in [1.82, 2.24) is 9.80 Å². The van der Waals surface area contributed by atoms with Crippen LogP contribution in [-0.2, 0) is 9.59 Å². The molecule has 1 aliphatic rings. The smallest absolute Gasteiger partial charge is 0.295 e. The number of halogens is 1. The zero-order chi connectivity index (χ0) is 21.8. The summed E-state index contributed by atoms with van der Waals surface area (Å²) in [7, 11) is 5.43. The second-order valence-electron chi connectivity index (χ2n) is 7.43. The molecule has 1 heterocycles. The summed E-state index contributed by atoms with van der Waals surface area (Å²) in [5.41, 5.74) is 1.20. The summed E-state index contributed by atoms with van der Waals surface area (Å²) in [6.45, 7) is 1.16. The first-order valence-corrected chi connectivity index (χ1v) is 10.0. The van der Waals surface area contributed by atoms with Crippen molar-refractivity contribution in [1.29, 1.82) is 0 Å². The number of ketones is 1. The lowest BCUT2D eigenvalue weighted by molar-refractivity contribution is -0.139. The first kappa shape index (κ1) is 21.9. The number of Topliss-reactive ketones (excluding diaryl/α,β-unsaturated/α-hetero) is 1. The summed E-state index contributed by atoms with van der Waals surface area (Å²) in [5, 5.41) is 11.6. The van der Waals surface area contributed by atoms with Crippen LogP contribution in [0.3, 0.4) is 0 Å². The Labute approximate surface area is 181 Å². The summed E-state index contributed by atoms with van der Waals surface area (Å²) >= 11 is 6.03. The Morgan fingerprint density at radius 3 is 2.50 bits per heavy atom. The minimum atomic E-state index is -0.694. The first-order chi connectivity index (χ1) is 14.3. The third-order valence-corrected chi connectivity index (χ3v) is 5.33. The Hall–Kier alpha value is -2.83. The van der Waals surface area contributed by atoms with E-state index in [0.29, 0.717) is 34.9 Å². The zero-order valence-corrected chi connectivity index (χ0v) is 18.0. The Morgan fingerprint density at radius 1 is 1.17 bits per heavy atom. The molecule has 1 atom stereocenters. The highest BCUT2D eigenvalue weighted by molar-refractivity contribution is 6.46. The number of likely N-dealkylation sites (tertiary alicyclic amines) is 1. The number of carbonyl (C=O) groups is 2. The molecule has 2 aromatic carbocycles. The van der Waals surface area contributed by atoms with Crippen LogP contribution in [0.1, 0.15) is 23.6 Å². The summed E-state index contributed by atoms with van der Waals surface area (Å²) in [6.07, 6.45) is 0.698. The predicted molar refractivity (Wildman–Crippen MR) is 117 cm³/mol. The number of amides is 1. The van der Waals surface area contributed by atoms with Crippen LogP contribution < -0.4 is 4.74 Å². The van der Waals surface area contributed by atoms with Crippen molar-refractivity contribution in [3.8, 4) is 5.75 Å². The summed E-state index contributed by atoms with van der Waals surface area (Å²) < 4.78 is 5.22. The van der Waals surface area contributed by atoms with Gasteiger partial charge in [-0.05, 0) is 56.9 Å². The Kier molecular flexibility index (Phi) is 6.80. The summed E-state index contributed by atoms with van der Waals surface area (Å²) in [4.78, 5) is 29.4. The van der Waals surface area contributed by atoms with Gasteiger partial charge >= 0.3 is 0 Å². The van der Waals surface area contributed by atoms with E-state index in [1.54, 1.807) is 48.5 Å². The molecule has 1 fully saturated rings. The Morgan fingerprint density at radius 2 is 1.87 bits per heavy atom. The van der Waals surface area contributed by atoms with Gasteiger partial charge in [0.25, 0.3) is 11.7 Å². The molecule has 0 radical (unpaired) electrons. The third-order valence-electron chi connectivity index (χ3n) is 5.07. The monoisotopic (exact) mass is 428 g/mol. The van der Waals surface area contributed by atoms with E-state index in [2.05, 4.69) is 0 Å². The molecule has 158 valence electrons. The largest absolute Gasteiger partial charge is 0.507 e. The van der Waals surface area contributed by atoms with Crippen molar-refractivity contribution in [3.63, 3.8) is 0 Å². The minimum Gasteiger partial charge on any atom is -0.507 e. The number of ether oxygens (including phenoxy) is 1. The fourth-order valence-corrected chi connectivity index (χ4v) is 3.71. The molecular weight excluding hydrogens is 404 g/mol. The quantitative estimate of drug-likeness (QED) is 0.413. The van der Waals surface area contributed by atoms with Crippen LogP contribution in [0, 0.1) is 0 Å². The molecule has 30 heavy (non-hydrogen) atoms. The number of methoxy groups -OCH3 is 1. The maximum absolute atomic E-state index is 13.0. The Balaban J connectivity index is 2.09. The molecule has 1 amide bonds. The molecule has 0 aromatic heterocycles. The van der Waals surface area contributed by atoms with Gasteiger partial charge in [-0.15, -0.1) is 0 Å². The van der Waals surface area contributed by atoms with E-state index in [0.717, 1.165) is 6.54 Å². The van der Waals surface area contributed by atoms with E-state index >= 15 is 0 Å². The minimum absolute atomic E-state index is 0.0698. The molecular formula is C23H25ClN2O4. The van der Waals surface area contributed by atoms with Gasteiger partial charge in [0.2, 0.25) is 0 Å². The highest BCUT2D eigenvalue weighted by Crippen LogP contribution is 2.40. The normalized spacial score (nSPS) is 18.3. The van der Waals surface area contributed by atoms with Gasteiger partial charge in [-0.1, -0.05) is 35.9 Å². The van der Waals surface area contributed by atoms with Gasteiger partial charge in [0.1, 0.15) is 11.5 Å². The van der Waals surface area contributed by atoms with E-state index in [4.69, 9.17) is 16.3 Å². The number of aliphatic hydroxyl groups excluding tert-OH is 1. The highest BCUT2D eigenvalue weighted by Gasteiger charge is 2.45. The summed E-state index contributed by atoms with van der Waals surface area (Å²) in [6, 6.07) is 13.1. The molecule has 0 unspecified atom stereocenters. The molecule has 3 rings (SSSR count). The molecule has 1 aliphatic heterocycles. The van der Waals surface area contributed by atoms with E-state index in [1.807, 2.05) is 19.0 Å². The number of nitrogens with zero attached hydrogens (tertiary/aromatic N) is 2. The maximum atomic E-state index is 13.0. The SMILES string of the molecule is COc1cccc(/C(O)=C2\C(=O)C(=O)N(CCCN(C)C)[C@H]2c2ccc(Cl)cc2)c1. The van der Waals surface area contributed by atoms with Gasteiger partial charge in [0.05, 0.1) is 18.7 Å². The van der Waals surface area contributed by atoms with E-state index in [9.17, 15) is 14.7 Å². The first-order valence-electron chi connectivity index (χ1n) is 9.66. The molecule has 7 heteroatoms. The van der Waals surface area contributed by atoms with Crippen LogP contribution in [0.2, 0.25) is 5.02 Å². The van der Waals surface area contributed by atoms with Crippen LogP contribution >= 0.6 is 11.6 Å². The number of hydrogen-bond acceptors (Lipinski definition) is 5. The topological polar surface area (TPSA) is 70.1 Å². The predicted octanol–water partition coefficient (Wildman–Crippen LogP) is 3.72. The average Bonchev–Trinajstić information content (AvgIpc) is 2.98. The van der Waals surface area contributed by atoms with Gasteiger partial charge in [0, 0.05) is 17.1 Å². The molecule has 6 nitrogen and oxygen atoms in total. The number of rotatable bonds is 7. The van der Waals surface area contributed by atoms with Gasteiger partial charge in [-0.3, -0.25) is 9.59 Å².